The fourth-order valence-corrected chi connectivity index (χ4v) is 3.23. The van der Waals surface area contributed by atoms with Crippen molar-refractivity contribution in [2.45, 2.75) is 20.0 Å². The Balaban J connectivity index is 1.74. The lowest BCUT2D eigenvalue weighted by Gasteiger charge is -2.21. The number of ether oxygens (including phenoxy) is 1. The average Bonchev–Trinajstić information content (AvgIpc) is 2.95. The first kappa shape index (κ1) is 15.5. The number of aromatic nitrogens is 1. The Hall–Kier alpha value is -2.40. The van der Waals surface area contributed by atoms with Gasteiger partial charge in [-0.25, -0.2) is 4.98 Å². The van der Waals surface area contributed by atoms with E-state index in [0.717, 1.165) is 21.5 Å². The van der Waals surface area contributed by atoms with Crippen molar-refractivity contribution in [1.82, 2.24) is 4.98 Å². The van der Waals surface area contributed by atoms with Crippen LogP contribution in [0.15, 0.2) is 48.5 Å². The molecule has 0 bridgehead atoms. The largest absolute Gasteiger partial charge is 0.457 e. The molecule has 1 aromatic heterocycles. The third kappa shape index (κ3) is 3.35. The van der Waals surface area contributed by atoms with Crippen molar-refractivity contribution in [3.63, 3.8) is 0 Å². The van der Waals surface area contributed by atoms with Crippen LogP contribution in [0.1, 0.15) is 12.5 Å². The highest BCUT2D eigenvalue weighted by molar-refractivity contribution is 7.20. The molecule has 0 saturated carbocycles. The number of aryl methyl sites for hydroxylation is 1. The lowest BCUT2D eigenvalue weighted by Crippen LogP contribution is -2.38. The molecule has 0 aliphatic heterocycles. The highest BCUT2D eigenvalue weighted by Gasteiger charge is 2.21. The second-order valence-corrected chi connectivity index (χ2v) is 6.44. The van der Waals surface area contributed by atoms with Gasteiger partial charge in [-0.2, -0.15) is 0 Å². The van der Waals surface area contributed by atoms with Crippen LogP contribution in [0.4, 0.5) is 5.69 Å². The van der Waals surface area contributed by atoms with Crippen LogP contribution < -0.4 is 9.64 Å². The van der Waals surface area contributed by atoms with E-state index in [0.29, 0.717) is 5.19 Å². The number of thiazole rings is 1. The molecule has 0 spiro atoms. The van der Waals surface area contributed by atoms with Gasteiger partial charge in [-0.3, -0.25) is 4.79 Å². The highest BCUT2D eigenvalue weighted by atomic mass is 32.1. The molecule has 3 rings (SSSR count). The number of carbonyl (C=O) groups excluding carboxylic acids is 1. The van der Waals surface area contributed by atoms with Gasteiger partial charge < -0.3 is 9.64 Å². The number of carbonyl (C=O) groups is 1. The van der Waals surface area contributed by atoms with Crippen LogP contribution in [-0.2, 0) is 4.79 Å². The van der Waals surface area contributed by atoms with Crippen molar-refractivity contribution >= 4 is 33.1 Å². The number of hydrogen-bond donors (Lipinski definition) is 0. The fourth-order valence-electron chi connectivity index (χ4n) is 2.34. The number of rotatable bonds is 4. The number of fused-ring (bicyclic) bond motifs is 1. The average molecular weight is 326 g/mol. The molecule has 3 aromatic rings. The van der Waals surface area contributed by atoms with E-state index in [-0.39, 0.29) is 5.91 Å². The maximum Gasteiger partial charge on any atom is 0.275 e. The predicted molar refractivity (Wildman–Crippen MR) is 94.3 cm³/mol. The zero-order valence-electron chi connectivity index (χ0n) is 13.3. The Labute approximate surface area is 139 Å². The lowest BCUT2D eigenvalue weighted by atomic mass is 10.2. The Morgan fingerprint density at radius 2 is 2.00 bits per heavy atom. The monoisotopic (exact) mass is 326 g/mol. The van der Waals surface area contributed by atoms with Gasteiger partial charge in [0.25, 0.3) is 11.1 Å². The molecule has 118 valence electrons. The molecule has 1 unspecified atom stereocenters. The first-order valence-electron chi connectivity index (χ1n) is 7.41. The molecule has 0 aliphatic rings. The van der Waals surface area contributed by atoms with E-state index in [2.05, 4.69) is 4.98 Å². The molecule has 4 nitrogen and oxygen atoms in total. The molecule has 0 radical (unpaired) electrons. The van der Waals surface area contributed by atoms with E-state index in [1.165, 1.54) is 11.3 Å². The summed E-state index contributed by atoms with van der Waals surface area (Å²) in [7, 11) is 1.76. The van der Waals surface area contributed by atoms with Gasteiger partial charge in [0.05, 0.1) is 10.2 Å². The van der Waals surface area contributed by atoms with Gasteiger partial charge >= 0.3 is 0 Å². The molecule has 23 heavy (non-hydrogen) atoms. The molecule has 0 saturated heterocycles. The quantitative estimate of drug-likeness (QED) is 0.727. The second kappa shape index (κ2) is 6.38. The fraction of sp³-hybridized carbons (Fsp3) is 0.222. The summed E-state index contributed by atoms with van der Waals surface area (Å²) in [4.78, 5) is 18.6. The van der Waals surface area contributed by atoms with Gasteiger partial charge in [-0.15, -0.1) is 0 Å². The van der Waals surface area contributed by atoms with E-state index in [9.17, 15) is 4.79 Å². The van der Waals surface area contributed by atoms with Crippen LogP contribution in [0.5, 0.6) is 5.19 Å². The third-order valence-electron chi connectivity index (χ3n) is 3.62. The summed E-state index contributed by atoms with van der Waals surface area (Å²) in [5, 5.41) is 0.518. The number of hydrogen-bond acceptors (Lipinski definition) is 4. The van der Waals surface area contributed by atoms with E-state index in [1.807, 2.05) is 55.5 Å². The minimum Gasteiger partial charge on any atom is -0.457 e. The second-order valence-electron chi connectivity index (χ2n) is 5.44. The Morgan fingerprint density at radius 1 is 1.22 bits per heavy atom. The van der Waals surface area contributed by atoms with Crippen molar-refractivity contribution < 1.29 is 9.53 Å². The summed E-state index contributed by atoms with van der Waals surface area (Å²) < 4.78 is 6.80. The summed E-state index contributed by atoms with van der Waals surface area (Å²) >= 11 is 1.45. The molecular weight excluding hydrogens is 308 g/mol. The Kier molecular flexibility index (Phi) is 4.30. The summed E-state index contributed by atoms with van der Waals surface area (Å²) in [6.45, 7) is 3.75. The number of benzene rings is 2. The highest BCUT2D eigenvalue weighted by Crippen LogP contribution is 2.28. The minimum atomic E-state index is -0.596. The number of amides is 1. The van der Waals surface area contributed by atoms with E-state index >= 15 is 0 Å². The summed E-state index contributed by atoms with van der Waals surface area (Å²) in [5.74, 6) is -0.102. The van der Waals surface area contributed by atoms with Gasteiger partial charge in [-0.05, 0) is 43.7 Å². The normalized spacial score (nSPS) is 12.1. The summed E-state index contributed by atoms with van der Waals surface area (Å²) in [5.41, 5.74) is 2.86. The minimum absolute atomic E-state index is 0.102. The number of anilines is 1. The standard InChI is InChI=1S/C18H18N2O2S/c1-12-7-6-8-14(11-12)20(3)17(21)13(2)22-18-19-15-9-4-5-10-16(15)23-18/h4-11,13H,1-3H3. The van der Waals surface area contributed by atoms with Crippen LogP contribution in [0.2, 0.25) is 0 Å². The lowest BCUT2D eigenvalue weighted by molar-refractivity contribution is -0.124. The van der Waals surface area contributed by atoms with Crippen LogP contribution >= 0.6 is 11.3 Å². The molecule has 1 atom stereocenters. The number of nitrogens with zero attached hydrogens (tertiary/aromatic N) is 2. The maximum absolute atomic E-state index is 12.6. The summed E-state index contributed by atoms with van der Waals surface area (Å²) in [6, 6.07) is 15.7. The molecule has 5 heteroatoms. The van der Waals surface area contributed by atoms with Crippen LogP contribution in [-0.4, -0.2) is 24.0 Å². The van der Waals surface area contributed by atoms with Gasteiger partial charge in [-0.1, -0.05) is 35.6 Å². The van der Waals surface area contributed by atoms with Crippen molar-refractivity contribution in [3.05, 3.63) is 54.1 Å². The number of para-hydroxylation sites is 1. The zero-order valence-corrected chi connectivity index (χ0v) is 14.1. The smallest absolute Gasteiger partial charge is 0.275 e. The first-order chi connectivity index (χ1) is 11.0. The van der Waals surface area contributed by atoms with Crippen molar-refractivity contribution in [1.29, 1.82) is 0 Å². The van der Waals surface area contributed by atoms with Crippen molar-refractivity contribution in [3.8, 4) is 5.19 Å². The third-order valence-corrected chi connectivity index (χ3v) is 4.55. The van der Waals surface area contributed by atoms with Gasteiger partial charge in [0.2, 0.25) is 0 Å². The predicted octanol–water partition coefficient (Wildman–Crippen LogP) is 4.04. The van der Waals surface area contributed by atoms with Crippen LogP contribution in [0, 0.1) is 6.92 Å². The molecule has 2 aromatic carbocycles. The van der Waals surface area contributed by atoms with Crippen LogP contribution in [0.25, 0.3) is 10.2 Å². The van der Waals surface area contributed by atoms with E-state index in [1.54, 1.807) is 18.9 Å². The molecule has 0 N–H and O–H groups in total. The SMILES string of the molecule is Cc1cccc(N(C)C(=O)C(C)Oc2nc3ccccc3s2)c1. The van der Waals surface area contributed by atoms with E-state index in [4.69, 9.17) is 4.74 Å². The molecular formula is C18H18N2O2S. The zero-order chi connectivity index (χ0) is 16.4. The maximum atomic E-state index is 12.6. The van der Waals surface area contributed by atoms with E-state index < -0.39 is 6.10 Å². The van der Waals surface area contributed by atoms with Crippen LogP contribution in [0.3, 0.4) is 0 Å². The Morgan fingerprint density at radius 3 is 2.74 bits per heavy atom. The Bertz CT molecular complexity index is 811. The topological polar surface area (TPSA) is 42.4 Å². The molecule has 0 aliphatic carbocycles. The first-order valence-corrected chi connectivity index (χ1v) is 8.23. The van der Waals surface area contributed by atoms with Gasteiger partial charge in [0.15, 0.2) is 6.10 Å². The van der Waals surface area contributed by atoms with Crippen molar-refractivity contribution in [2.75, 3.05) is 11.9 Å². The van der Waals surface area contributed by atoms with Gasteiger partial charge in [0, 0.05) is 12.7 Å². The summed E-state index contributed by atoms with van der Waals surface area (Å²) in [6.07, 6.45) is -0.596. The molecule has 1 amide bonds. The van der Waals surface area contributed by atoms with Gasteiger partial charge in [0.1, 0.15) is 0 Å². The van der Waals surface area contributed by atoms with Crippen molar-refractivity contribution in [2.24, 2.45) is 0 Å². The number of likely N-dealkylation sites (N-methyl/N-ethyl adjacent to an activating group) is 1. The molecule has 0 fully saturated rings. The molecule has 1 heterocycles.